The van der Waals surface area contributed by atoms with Crippen LogP contribution in [-0.4, -0.2) is 71.3 Å². The number of rotatable bonds is 5. The summed E-state index contributed by atoms with van der Waals surface area (Å²) in [5.41, 5.74) is 0.718. The van der Waals surface area contributed by atoms with Gasteiger partial charge in [0, 0.05) is 49.9 Å². The van der Waals surface area contributed by atoms with Gasteiger partial charge in [-0.15, -0.1) is 12.4 Å². The van der Waals surface area contributed by atoms with Gasteiger partial charge in [-0.3, -0.25) is 19.7 Å². The smallest absolute Gasteiger partial charge is 0.293 e. The van der Waals surface area contributed by atoms with Crippen LogP contribution in [-0.2, 0) is 4.79 Å². The van der Waals surface area contributed by atoms with Gasteiger partial charge in [0.2, 0.25) is 5.91 Å². The van der Waals surface area contributed by atoms with E-state index in [1.807, 2.05) is 4.90 Å². The van der Waals surface area contributed by atoms with Crippen LogP contribution in [0.1, 0.15) is 36.0 Å². The van der Waals surface area contributed by atoms with Crippen LogP contribution in [0.4, 0.5) is 11.4 Å². The van der Waals surface area contributed by atoms with Crippen LogP contribution in [0.3, 0.4) is 0 Å². The molecule has 3 fully saturated rings. The van der Waals surface area contributed by atoms with Gasteiger partial charge in [0.05, 0.1) is 11.5 Å². The van der Waals surface area contributed by atoms with Gasteiger partial charge in [-0.25, -0.2) is 0 Å². The van der Waals surface area contributed by atoms with E-state index in [1.54, 1.807) is 17.0 Å². The molecule has 9 nitrogen and oxygen atoms in total. The third-order valence-corrected chi connectivity index (χ3v) is 5.63. The summed E-state index contributed by atoms with van der Waals surface area (Å²) in [5, 5.41) is 17.7. The molecule has 0 spiro atoms. The van der Waals surface area contributed by atoms with Crippen molar-refractivity contribution in [2.24, 2.45) is 0 Å². The number of amides is 2. The van der Waals surface area contributed by atoms with Crippen LogP contribution in [0.2, 0.25) is 0 Å². The third kappa shape index (κ3) is 4.79. The normalized spacial score (nSPS) is 22.1. The molecule has 2 heterocycles. The van der Waals surface area contributed by atoms with Crippen molar-refractivity contribution in [2.45, 2.75) is 37.8 Å². The largest absolute Gasteiger partial charge is 0.377 e. The van der Waals surface area contributed by atoms with E-state index in [4.69, 9.17) is 0 Å². The van der Waals surface area contributed by atoms with Crippen LogP contribution < -0.4 is 10.6 Å². The summed E-state index contributed by atoms with van der Waals surface area (Å²) < 4.78 is 0. The van der Waals surface area contributed by atoms with Gasteiger partial charge in [-0.05, 0) is 37.8 Å². The Hall–Kier alpha value is -2.39. The van der Waals surface area contributed by atoms with Crippen LogP contribution in [0.25, 0.3) is 0 Å². The molecular weight excluding hydrogens is 398 g/mol. The number of nitro benzene ring substituents is 1. The Bertz CT molecular complexity index is 801. The first-order valence-electron chi connectivity index (χ1n) is 9.87. The number of nitrogens with zero attached hydrogens (tertiary/aromatic N) is 3. The number of anilines is 1. The summed E-state index contributed by atoms with van der Waals surface area (Å²) in [6.45, 7) is 2.83. The number of hydrogen-bond acceptors (Lipinski definition) is 6. The molecule has 1 aromatic carbocycles. The summed E-state index contributed by atoms with van der Waals surface area (Å²) in [4.78, 5) is 39.8. The van der Waals surface area contributed by atoms with E-state index >= 15 is 0 Å². The maximum Gasteiger partial charge on any atom is 0.293 e. The fraction of sp³-hybridized carbons (Fsp3) is 0.579. The SMILES string of the molecule is Cl.O=C(c1ccc(NC2CC2)c([N+](=O)[O-])c1)N1CCCC(N2CCNCC2=O)C1. The fourth-order valence-electron chi connectivity index (χ4n) is 3.97. The van der Waals surface area contributed by atoms with Gasteiger partial charge < -0.3 is 20.4 Å². The zero-order valence-electron chi connectivity index (χ0n) is 16.1. The number of nitrogens with one attached hydrogen (secondary N) is 2. The first-order valence-corrected chi connectivity index (χ1v) is 9.87. The van der Waals surface area contributed by atoms with E-state index in [0.29, 0.717) is 43.5 Å². The van der Waals surface area contributed by atoms with E-state index in [2.05, 4.69) is 10.6 Å². The molecule has 2 aliphatic heterocycles. The monoisotopic (exact) mass is 423 g/mol. The van der Waals surface area contributed by atoms with E-state index in [-0.39, 0.29) is 36.0 Å². The number of piperazine rings is 1. The van der Waals surface area contributed by atoms with E-state index in [9.17, 15) is 19.7 Å². The lowest BCUT2D eigenvalue weighted by molar-refractivity contribution is -0.384. The second-order valence-corrected chi connectivity index (χ2v) is 7.72. The summed E-state index contributed by atoms with van der Waals surface area (Å²) >= 11 is 0. The second kappa shape index (κ2) is 8.96. The van der Waals surface area contributed by atoms with Gasteiger partial charge in [-0.1, -0.05) is 0 Å². The van der Waals surface area contributed by atoms with Crippen molar-refractivity contribution >= 4 is 35.6 Å². The molecule has 158 valence electrons. The Labute approximate surface area is 175 Å². The second-order valence-electron chi connectivity index (χ2n) is 7.72. The molecule has 1 aliphatic carbocycles. The summed E-state index contributed by atoms with van der Waals surface area (Å²) in [7, 11) is 0. The lowest BCUT2D eigenvalue weighted by Crippen LogP contribution is -2.57. The van der Waals surface area contributed by atoms with Gasteiger partial charge in [0.1, 0.15) is 5.69 Å². The zero-order valence-corrected chi connectivity index (χ0v) is 17.0. The predicted octanol–water partition coefficient (Wildman–Crippen LogP) is 1.63. The van der Waals surface area contributed by atoms with Gasteiger partial charge in [0.15, 0.2) is 0 Å². The van der Waals surface area contributed by atoms with Crippen LogP contribution >= 0.6 is 12.4 Å². The van der Waals surface area contributed by atoms with Gasteiger partial charge >= 0.3 is 0 Å². The number of halogens is 1. The van der Waals surface area contributed by atoms with Crippen molar-refractivity contribution < 1.29 is 14.5 Å². The lowest BCUT2D eigenvalue weighted by Gasteiger charge is -2.41. The lowest BCUT2D eigenvalue weighted by atomic mass is 10.0. The number of benzene rings is 1. The Morgan fingerprint density at radius 1 is 1.24 bits per heavy atom. The maximum atomic E-state index is 13.0. The average molecular weight is 424 g/mol. The van der Waals surface area contributed by atoms with Crippen molar-refractivity contribution in [2.75, 3.05) is 38.0 Å². The number of likely N-dealkylation sites (tertiary alicyclic amines) is 1. The molecule has 2 amide bonds. The fourth-order valence-corrected chi connectivity index (χ4v) is 3.97. The summed E-state index contributed by atoms with van der Waals surface area (Å²) in [6.07, 6.45) is 3.71. The number of hydrogen-bond donors (Lipinski definition) is 2. The van der Waals surface area contributed by atoms with E-state index in [1.165, 1.54) is 6.07 Å². The van der Waals surface area contributed by atoms with Crippen molar-refractivity contribution in [3.8, 4) is 0 Å². The summed E-state index contributed by atoms with van der Waals surface area (Å²) in [5.74, 6) is -0.148. The Morgan fingerprint density at radius 2 is 2.03 bits per heavy atom. The molecule has 1 unspecified atom stereocenters. The quantitative estimate of drug-likeness (QED) is 0.550. The van der Waals surface area contributed by atoms with Crippen LogP contribution in [0.5, 0.6) is 0 Å². The molecule has 2 N–H and O–H groups in total. The average Bonchev–Trinajstić information content (AvgIpc) is 3.52. The van der Waals surface area contributed by atoms with Gasteiger partial charge in [0.25, 0.3) is 11.6 Å². The first-order chi connectivity index (χ1) is 13.5. The topological polar surface area (TPSA) is 108 Å². The van der Waals surface area contributed by atoms with Crippen LogP contribution in [0.15, 0.2) is 18.2 Å². The van der Waals surface area contributed by atoms with Crippen molar-refractivity contribution in [1.82, 2.24) is 15.1 Å². The Morgan fingerprint density at radius 3 is 2.72 bits per heavy atom. The van der Waals surface area contributed by atoms with E-state index < -0.39 is 4.92 Å². The molecule has 0 bridgehead atoms. The molecule has 2 saturated heterocycles. The number of carbonyl (C=O) groups is 2. The highest BCUT2D eigenvalue weighted by atomic mass is 35.5. The minimum Gasteiger partial charge on any atom is -0.377 e. The van der Waals surface area contributed by atoms with Crippen molar-refractivity contribution in [3.05, 3.63) is 33.9 Å². The van der Waals surface area contributed by atoms with Crippen molar-refractivity contribution in [1.29, 1.82) is 0 Å². The number of piperidine rings is 1. The molecule has 1 saturated carbocycles. The number of carbonyl (C=O) groups excluding carboxylic acids is 2. The number of nitro groups is 1. The third-order valence-electron chi connectivity index (χ3n) is 5.63. The van der Waals surface area contributed by atoms with Gasteiger partial charge in [-0.2, -0.15) is 0 Å². The molecular formula is C19H26ClN5O4. The minimum atomic E-state index is -0.445. The Kier molecular flexibility index (Phi) is 6.59. The minimum absolute atomic E-state index is 0. The highest BCUT2D eigenvalue weighted by Gasteiger charge is 2.33. The van der Waals surface area contributed by atoms with Crippen molar-refractivity contribution in [3.63, 3.8) is 0 Å². The molecule has 0 aromatic heterocycles. The Balaban J connectivity index is 0.00000240. The molecule has 0 radical (unpaired) electrons. The van der Waals surface area contributed by atoms with E-state index in [0.717, 1.165) is 32.2 Å². The molecule has 1 atom stereocenters. The molecule has 4 rings (SSSR count). The predicted molar refractivity (Wildman–Crippen MR) is 110 cm³/mol. The molecule has 3 aliphatic rings. The molecule has 1 aromatic rings. The highest BCUT2D eigenvalue weighted by Crippen LogP contribution is 2.32. The standard InChI is InChI=1S/C19H25N5O4.ClH/c25-18-11-20-7-9-23(18)15-2-1-8-22(12-15)19(26)13-3-6-16(21-14-4-5-14)17(10-13)24(27)28;/h3,6,10,14-15,20-21H,1-2,4-5,7-9,11-12H2;1H. The maximum absolute atomic E-state index is 13.0. The highest BCUT2D eigenvalue weighted by molar-refractivity contribution is 5.96. The summed E-state index contributed by atoms with van der Waals surface area (Å²) in [6, 6.07) is 4.95. The first kappa shape index (κ1) is 21.3. The molecule has 10 heteroatoms. The van der Waals surface area contributed by atoms with Crippen LogP contribution in [0, 0.1) is 10.1 Å². The molecule has 29 heavy (non-hydrogen) atoms. The zero-order chi connectivity index (χ0) is 19.7.